The fourth-order valence-electron chi connectivity index (χ4n) is 1.73. The normalized spacial score (nSPS) is 24.4. The predicted molar refractivity (Wildman–Crippen MR) is 55.0 cm³/mol. The average Bonchev–Trinajstić information content (AvgIpc) is 2.46. The SMILES string of the molecule is CCCC(O)CNC1CCN(C)C1=O. The third-order valence-corrected chi connectivity index (χ3v) is 2.65. The number of aliphatic hydroxyl groups excluding tert-OH is 1. The van der Waals surface area contributed by atoms with E-state index in [4.69, 9.17) is 0 Å². The first-order chi connectivity index (χ1) is 6.65. The minimum Gasteiger partial charge on any atom is -0.392 e. The van der Waals surface area contributed by atoms with Gasteiger partial charge >= 0.3 is 0 Å². The number of carbonyl (C=O) groups excluding carboxylic acids is 1. The van der Waals surface area contributed by atoms with E-state index < -0.39 is 0 Å². The number of aliphatic hydroxyl groups is 1. The lowest BCUT2D eigenvalue weighted by Gasteiger charge is -2.15. The highest BCUT2D eigenvalue weighted by Gasteiger charge is 2.28. The lowest BCUT2D eigenvalue weighted by atomic mass is 10.2. The van der Waals surface area contributed by atoms with Gasteiger partial charge in [-0.1, -0.05) is 13.3 Å². The summed E-state index contributed by atoms with van der Waals surface area (Å²) in [6.07, 6.45) is 2.30. The molecule has 2 atom stereocenters. The van der Waals surface area contributed by atoms with Crippen LogP contribution in [0.25, 0.3) is 0 Å². The fraction of sp³-hybridized carbons (Fsp3) is 0.900. The van der Waals surface area contributed by atoms with Crippen LogP contribution in [-0.4, -0.2) is 48.2 Å². The molecule has 1 rings (SSSR count). The van der Waals surface area contributed by atoms with E-state index in [2.05, 4.69) is 5.32 Å². The largest absolute Gasteiger partial charge is 0.392 e. The van der Waals surface area contributed by atoms with Crippen LogP contribution in [0.1, 0.15) is 26.2 Å². The molecule has 0 aromatic rings. The summed E-state index contributed by atoms with van der Waals surface area (Å²) < 4.78 is 0. The molecule has 1 aliphatic rings. The Kier molecular flexibility index (Phi) is 4.35. The van der Waals surface area contributed by atoms with Crippen molar-refractivity contribution in [2.24, 2.45) is 0 Å². The molecule has 0 radical (unpaired) electrons. The summed E-state index contributed by atoms with van der Waals surface area (Å²) in [4.78, 5) is 13.2. The summed E-state index contributed by atoms with van der Waals surface area (Å²) >= 11 is 0. The molecule has 0 aliphatic carbocycles. The summed E-state index contributed by atoms with van der Waals surface area (Å²) in [6, 6.07) is -0.0773. The van der Waals surface area contributed by atoms with Gasteiger partial charge in [0.05, 0.1) is 12.1 Å². The summed E-state index contributed by atoms with van der Waals surface area (Å²) in [5.41, 5.74) is 0. The van der Waals surface area contributed by atoms with Crippen molar-refractivity contribution in [1.82, 2.24) is 10.2 Å². The van der Waals surface area contributed by atoms with Gasteiger partial charge in [-0.15, -0.1) is 0 Å². The first-order valence-corrected chi connectivity index (χ1v) is 5.31. The second-order valence-corrected chi connectivity index (χ2v) is 3.95. The molecule has 1 amide bonds. The number of nitrogens with zero attached hydrogens (tertiary/aromatic N) is 1. The highest BCUT2D eigenvalue weighted by atomic mass is 16.3. The molecule has 0 bridgehead atoms. The molecule has 0 spiro atoms. The van der Waals surface area contributed by atoms with Crippen LogP contribution in [0.15, 0.2) is 0 Å². The van der Waals surface area contributed by atoms with Crippen molar-refractivity contribution in [3.63, 3.8) is 0 Å². The highest BCUT2D eigenvalue weighted by molar-refractivity contribution is 5.83. The number of likely N-dealkylation sites (N-methyl/N-ethyl adjacent to an activating group) is 1. The quantitative estimate of drug-likeness (QED) is 0.655. The van der Waals surface area contributed by atoms with Gasteiger partial charge in [0.2, 0.25) is 5.91 Å². The molecule has 1 aliphatic heterocycles. The zero-order valence-corrected chi connectivity index (χ0v) is 8.99. The molecule has 2 unspecified atom stereocenters. The van der Waals surface area contributed by atoms with Crippen LogP contribution in [0, 0.1) is 0 Å². The van der Waals surface area contributed by atoms with Gasteiger partial charge in [0.25, 0.3) is 0 Å². The molecule has 4 nitrogen and oxygen atoms in total. The van der Waals surface area contributed by atoms with Crippen molar-refractivity contribution in [2.75, 3.05) is 20.1 Å². The van der Waals surface area contributed by atoms with E-state index in [1.54, 1.807) is 4.90 Å². The van der Waals surface area contributed by atoms with Crippen molar-refractivity contribution in [1.29, 1.82) is 0 Å². The number of hydrogen-bond donors (Lipinski definition) is 2. The van der Waals surface area contributed by atoms with Crippen molar-refractivity contribution in [3.05, 3.63) is 0 Å². The third-order valence-electron chi connectivity index (χ3n) is 2.65. The molecule has 1 heterocycles. The Balaban J connectivity index is 2.22. The van der Waals surface area contributed by atoms with Gasteiger partial charge < -0.3 is 15.3 Å². The Morgan fingerprint density at radius 3 is 2.93 bits per heavy atom. The van der Waals surface area contributed by atoms with Gasteiger partial charge in [-0.3, -0.25) is 4.79 Å². The summed E-state index contributed by atoms with van der Waals surface area (Å²) in [6.45, 7) is 3.39. The Hall–Kier alpha value is -0.610. The van der Waals surface area contributed by atoms with Crippen LogP contribution < -0.4 is 5.32 Å². The van der Waals surface area contributed by atoms with E-state index in [9.17, 15) is 9.90 Å². The van der Waals surface area contributed by atoms with E-state index >= 15 is 0 Å². The predicted octanol–water partition coefficient (Wildman–Crippen LogP) is -0.0323. The van der Waals surface area contributed by atoms with E-state index in [1.165, 1.54) is 0 Å². The lowest BCUT2D eigenvalue weighted by molar-refractivity contribution is -0.128. The second kappa shape index (κ2) is 5.32. The molecule has 0 saturated carbocycles. The van der Waals surface area contributed by atoms with Crippen molar-refractivity contribution in [2.45, 2.75) is 38.3 Å². The third kappa shape index (κ3) is 2.96. The van der Waals surface area contributed by atoms with Gasteiger partial charge in [-0.05, 0) is 12.8 Å². The zero-order chi connectivity index (χ0) is 10.6. The number of nitrogens with one attached hydrogen (secondary N) is 1. The smallest absolute Gasteiger partial charge is 0.239 e. The number of hydrogen-bond acceptors (Lipinski definition) is 3. The highest BCUT2D eigenvalue weighted by Crippen LogP contribution is 2.08. The first-order valence-electron chi connectivity index (χ1n) is 5.31. The van der Waals surface area contributed by atoms with Crippen molar-refractivity contribution >= 4 is 5.91 Å². The molecule has 1 fully saturated rings. The lowest BCUT2D eigenvalue weighted by Crippen LogP contribution is -2.40. The van der Waals surface area contributed by atoms with Crippen LogP contribution in [-0.2, 0) is 4.79 Å². The van der Waals surface area contributed by atoms with Crippen LogP contribution in [0.4, 0.5) is 0 Å². The van der Waals surface area contributed by atoms with Crippen LogP contribution in [0.3, 0.4) is 0 Å². The van der Waals surface area contributed by atoms with Gasteiger partial charge in [-0.2, -0.15) is 0 Å². The maximum Gasteiger partial charge on any atom is 0.239 e. The van der Waals surface area contributed by atoms with Gasteiger partial charge in [0.1, 0.15) is 0 Å². The van der Waals surface area contributed by atoms with E-state index in [0.29, 0.717) is 6.54 Å². The molecule has 14 heavy (non-hydrogen) atoms. The molecule has 0 aromatic heterocycles. The summed E-state index contributed by atoms with van der Waals surface area (Å²) in [5.74, 6) is 0.147. The number of amides is 1. The van der Waals surface area contributed by atoms with Crippen molar-refractivity contribution < 1.29 is 9.90 Å². The number of likely N-dealkylation sites (tertiary alicyclic amines) is 1. The van der Waals surface area contributed by atoms with Crippen LogP contribution in [0.2, 0.25) is 0 Å². The first kappa shape index (κ1) is 11.5. The van der Waals surface area contributed by atoms with E-state index in [0.717, 1.165) is 25.8 Å². The Labute approximate surface area is 85.3 Å². The fourth-order valence-corrected chi connectivity index (χ4v) is 1.73. The van der Waals surface area contributed by atoms with E-state index in [1.807, 2.05) is 14.0 Å². The van der Waals surface area contributed by atoms with Crippen LogP contribution >= 0.6 is 0 Å². The molecule has 0 aromatic carbocycles. The van der Waals surface area contributed by atoms with E-state index in [-0.39, 0.29) is 18.1 Å². The summed E-state index contributed by atoms with van der Waals surface area (Å²) in [5, 5.41) is 12.6. The molecular formula is C10H20N2O2. The van der Waals surface area contributed by atoms with Crippen LogP contribution in [0.5, 0.6) is 0 Å². The molecular weight excluding hydrogens is 180 g/mol. The second-order valence-electron chi connectivity index (χ2n) is 3.95. The Morgan fingerprint density at radius 1 is 1.71 bits per heavy atom. The Morgan fingerprint density at radius 2 is 2.43 bits per heavy atom. The van der Waals surface area contributed by atoms with Gasteiger partial charge in [0, 0.05) is 20.1 Å². The molecule has 2 N–H and O–H groups in total. The molecule has 1 saturated heterocycles. The number of carbonyl (C=O) groups is 1. The van der Waals surface area contributed by atoms with Crippen molar-refractivity contribution in [3.8, 4) is 0 Å². The molecule has 4 heteroatoms. The average molecular weight is 200 g/mol. The minimum atomic E-state index is -0.321. The van der Waals surface area contributed by atoms with Gasteiger partial charge in [0.15, 0.2) is 0 Å². The monoisotopic (exact) mass is 200 g/mol. The topological polar surface area (TPSA) is 52.6 Å². The minimum absolute atomic E-state index is 0.0773. The summed E-state index contributed by atoms with van der Waals surface area (Å²) in [7, 11) is 1.81. The maximum absolute atomic E-state index is 11.5. The standard InChI is InChI=1S/C10H20N2O2/c1-3-4-8(13)7-11-9-5-6-12(2)10(9)14/h8-9,11,13H,3-7H2,1-2H3. The maximum atomic E-state index is 11.5. The number of rotatable bonds is 5. The van der Waals surface area contributed by atoms with Gasteiger partial charge in [-0.25, -0.2) is 0 Å². The Bertz CT molecular complexity index is 197. The molecule has 82 valence electrons. The zero-order valence-electron chi connectivity index (χ0n) is 8.99.